The van der Waals surface area contributed by atoms with Crippen LogP contribution in [0.25, 0.3) is 99.5 Å². The maximum absolute atomic E-state index is 2.43. The van der Waals surface area contributed by atoms with E-state index in [2.05, 4.69) is 215 Å². The van der Waals surface area contributed by atoms with E-state index in [9.17, 15) is 0 Å². The summed E-state index contributed by atoms with van der Waals surface area (Å²) < 4.78 is 4.83. The molecule has 0 N–H and O–H groups in total. The maximum atomic E-state index is 2.43. The number of aromatic nitrogens is 2. The third kappa shape index (κ3) is 5.04. The number of para-hydroxylation sites is 2. The van der Waals surface area contributed by atoms with Gasteiger partial charge in [0.2, 0.25) is 0 Å². The first-order valence-electron chi connectivity index (χ1n) is 19.8. The summed E-state index contributed by atoms with van der Waals surface area (Å²) in [5.74, 6) is 0. The summed E-state index contributed by atoms with van der Waals surface area (Å²) in [6, 6.07) is 76.0. The second-order valence-corrected chi connectivity index (χ2v) is 15.3. The molecule has 0 radical (unpaired) electrons. The molecule has 12 rings (SSSR count). The Kier molecular flexibility index (Phi) is 7.02. The second kappa shape index (κ2) is 12.6. The summed E-state index contributed by atoms with van der Waals surface area (Å²) in [6.45, 7) is 0. The predicted molar refractivity (Wildman–Crippen MR) is 240 cm³/mol. The quantitative estimate of drug-likeness (QED) is 0.167. The van der Waals surface area contributed by atoms with Crippen LogP contribution in [-0.2, 0) is 6.42 Å². The third-order valence-corrected chi connectivity index (χ3v) is 12.1. The molecule has 1 aliphatic rings. The monoisotopic (exact) mass is 724 g/mol. The maximum Gasteiger partial charge on any atom is 0.0541 e. The van der Waals surface area contributed by atoms with Crippen LogP contribution in [0.15, 0.2) is 206 Å². The van der Waals surface area contributed by atoms with E-state index in [1.807, 2.05) is 0 Å². The molecule has 0 bridgehead atoms. The minimum atomic E-state index is 1.01. The first kappa shape index (κ1) is 31.9. The lowest BCUT2D eigenvalue weighted by molar-refractivity contribution is 1.18. The zero-order valence-corrected chi connectivity index (χ0v) is 31.2. The van der Waals surface area contributed by atoms with E-state index in [1.165, 1.54) is 99.2 Å². The van der Waals surface area contributed by atoms with Crippen molar-refractivity contribution >= 4 is 43.6 Å². The van der Waals surface area contributed by atoms with Crippen LogP contribution >= 0.6 is 0 Å². The molecule has 11 aromatic rings. The van der Waals surface area contributed by atoms with Crippen LogP contribution in [0.1, 0.15) is 11.1 Å². The van der Waals surface area contributed by atoms with Gasteiger partial charge < -0.3 is 9.13 Å². The molecule has 1 aliphatic carbocycles. The summed E-state index contributed by atoms with van der Waals surface area (Å²) in [5, 5.41) is 5.02. The van der Waals surface area contributed by atoms with Gasteiger partial charge in [-0.2, -0.15) is 0 Å². The van der Waals surface area contributed by atoms with Crippen molar-refractivity contribution in [2.24, 2.45) is 0 Å². The summed E-state index contributed by atoms with van der Waals surface area (Å²) in [5.41, 5.74) is 20.0. The van der Waals surface area contributed by atoms with Crippen molar-refractivity contribution in [1.29, 1.82) is 0 Å². The molecule has 0 atom stereocenters. The molecule has 57 heavy (non-hydrogen) atoms. The van der Waals surface area contributed by atoms with Crippen molar-refractivity contribution in [3.8, 4) is 55.9 Å². The fraction of sp³-hybridized carbons (Fsp3) is 0.0182. The van der Waals surface area contributed by atoms with E-state index in [1.54, 1.807) is 0 Å². The Labute approximate surface area is 331 Å². The molecule has 0 amide bonds. The number of benzene rings is 9. The highest BCUT2D eigenvalue weighted by Crippen LogP contribution is 2.42. The zero-order chi connectivity index (χ0) is 37.5. The summed E-state index contributed by atoms with van der Waals surface area (Å²) in [6.07, 6.45) is 1.01. The van der Waals surface area contributed by atoms with Crippen LogP contribution in [0.3, 0.4) is 0 Å². The molecule has 2 heteroatoms. The molecule has 2 aromatic heterocycles. The minimum Gasteiger partial charge on any atom is -0.309 e. The Morgan fingerprint density at radius 3 is 1.47 bits per heavy atom. The Balaban J connectivity index is 0.992. The zero-order valence-electron chi connectivity index (χ0n) is 31.2. The Hall–Kier alpha value is -7.42. The van der Waals surface area contributed by atoms with Gasteiger partial charge in [-0.3, -0.25) is 0 Å². The van der Waals surface area contributed by atoms with Crippen LogP contribution in [0.4, 0.5) is 0 Å². The van der Waals surface area contributed by atoms with Crippen molar-refractivity contribution in [3.63, 3.8) is 0 Å². The van der Waals surface area contributed by atoms with Gasteiger partial charge >= 0.3 is 0 Å². The molecule has 0 aliphatic heterocycles. The minimum absolute atomic E-state index is 1.01. The molecule has 266 valence electrons. The first-order valence-corrected chi connectivity index (χ1v) is 19.8. The predicted octanol–water partition coefficient (Wildman–Crippen LogP) is 14.5. The van der Waals surface area contributed by atoms with E-state index in [-0.39, 0.29) is 0 Å². The molecule has 0 unspecified atom stereocenters. The smallest absolute Gasteiger partial charge is 0.0541 e. The SMILES string of the molecule is c1ccc(-c2ccc3c(c2)c2cc(-c4cccc(-n5c6ccccc6c6cc(-c7ccc8c(c7)-c7ccccc7C8)ccc65)c4)ccc2n3-c2ccccc2)cc1. The Bertz CT molecular complexity index is 3360. The molecule has 9 aromatic carbocycles. The van der Waals surface area contributed by atoms with Crippen LogP contribution in [0.5, 0.6) is 0 Å². The third-order valence-electron chi connectivity index (χ3n) is 12.1. The lowest BCUT2D eigenvalue weighted by atomic mass is 9.97. The number of nitrogens with zero attached hydrogens (tertiary/aromatic N) is 2. The van der Waals surface area contributed by atoms with Crippen molar-refractivity contribution in [3.05, 3.63) is 217 Å². The molecule has 0 saturated heterocycles. The number of hydrogen-bond acceptors (Lipinski definition) is 0. The number of hydrogen-bond donors (Lipinski definition) is 0. The molecule has 2 heterocycles. The van der Waals surface area contributed by atoms with Crippen LogP contribution < -0.4 is 0 Å². The molecule has 0 spiro atoms. The molecular weight excluding hydrogens is 689 g/mol. The van der Waals surface area contributed by atoms with Gasteiger partial charge in [0, 0.05) is 32.9 Å². The Morgan fingerprint density at radius 2 is 0.737 bits per heavy atom. The number of fused-ring (bicyclic) bond motifs is 9. The normalized spacial score (nSPS) is 12.1. The first-order chi connectivity index (χ1) is 28.2. The second-order valence-electron chi connectivity index (χ2n) is 15.3. The van der Waals surface area contributed by atoms with Gasteiger partial charge in [-0.05, 0) is 135 Å². The van der Waals surface area contributed by atoms with Gasteiger partial charge in [-0.15, -0.1) is 0 Å². The highest BCUT2D eigenvalue weighted by Gasteiger charge is 2.20. The largest absolute Gasteiger partial charge is 0.309 e. The van der Waals surface area contributed by atoms with E-state index < -0.39 is 0 Å². The lowest BCUT2D eigenvalue weighted by Gasteiger charge is -2.12. The summed E-state index contributed by atoms with van der Waals surface area (Å²) in [7, 11) is 0. The standard InChI is InChI=1S/C55H36N2/c1-3-12-36(13-4-1)38-24-27-54-50(33-38)51-35-40(25-29-55(51)56(54)44-16-5-2-6-17-44)37-15-11-18-45(31-37)57-52-21-10-9-20-47(52)49-34-41(26-28-53(49)57)39-22-23-43-30-42-14-7-8-19-46(42)48(43)32-39/h1-29,31-35H,30H2. The van der Waals surface area contributed by atoms with Crippen molar-refractivity contribution in [2.75, 3.05) is 0 Å². The van der Waals surface area contributed by atoms with E-state index in [0.29, 0.717) is 0 Å². The van der Waals surface area contributed by atoms with Gasteiger partial charge in [0.05, 0.1) is 22.1 Å². The van der Waals surface area contributed by atoms with Crippen molar-refractivity contribution in [2.45, 2.75) is 6.42 Å². The lowest BCUT2D eigenvalue weighted by Crippen LogP contribution is -1.94. The van der Waals surface area contributed by atoms with Crippen molar-refractivity contribution in [1.82, 2.24) is 9.13 Å². The van der Waals surface area contributed by atoms with E-state index >= 15 is 0 Å². The summed E-state index contributed by atoms with van der Waals surface area (Å²) >= 11 is 0. The average Bonchev–Trinajstić information content (AvgIpc) is 3.93. The van der Waals surface area contributed by atoms with Gasteiger partial charge in [-0.25, -0.2) is 0 Å². The fourth-order valence-electron chi connectivity index (χ4n) is 9.43. The van der Waals surface area contributed by atoms with Gasteiger partial charge in [0.1, 0.15) is 0 Å². The van der Waals surface area contributed by atoms with Gasteiger partial charge in [-0.1, -0.05) is 133 Å². The molecule has 2 nitrogen and oxygen atoms in total. The average molecular weight is 725 g/mol. The highest BCUT2D eigenvalue weighted by molar-refractivity contribution is 6.12. The van der Waals surface area contributed by atoms with Crippen molar-refractivity contribution < 1.29 is 0 Å². The topological polar surface area (TPSA) is 9.86 Å². The van der Waals surface area contributed by atoms with Crippen LogP contribution in [0.2, 0.25) is 0 Å². The molecular formula is C55H36N2. The summed E-state index contributed by atoms with van der Waals surface area (Å²) in [4.78, 5) is 0. The van der Waals surface area contributed by atoms with Crippen LogP contribution in [0, 0.1) is 0 Å². The van der Waals surface area contributed by atoms with Crippen LogP contribution in [-0.4, -0.2) is 9.13 Å². The van der Waals surface area contributed by atoms with Gasteiger partial charge in [0.25, 0.3) is 0 Å². The molecule has 0 saturated carbocycles. The Morgan fingerprint density at radius 1 is 0.263 bits per heavy atom. The molecule has 0 fully saturated rings. The highest BCUT2D eigenvalue weighted by atomic mass is 15.0. The van der Waals surface area contributed by atoms with Gasteiger partial charge in [0.15, 0.2) is 0 Å². The van der Waals surface area contributed by atoms with E-state index in [4.69, 9.17) is 0 Å². The fourth-order valence-corrected chi connectivity index (χ4v) is 9.43. The van der Waals surface area contributed by atoms with E-state index in [0.717, 1.165) is 17.8 Å². The number of rotatable bonds is 5.